The molecule has 0 nitrogen and oxygen atoms in total. The van der Waals surface area contributed by atoms with Gasteiger partial charge in [-0.1, -0.05) is 99.8 Å². The highest BCUT2D eigenvalue weighted by atomic mass is 127. The number of rotatable bonds is 2. The molecule has 0 saturated carbocycles. The molecule has 2 aromatic rings. The van der Waals surface area contributed by atoms with Crippen molar-refractivity contribution in [2.45, 2.75) is 1.93 Å². The van der Waals surface area contributed by atoms with Gasteiger partial charge in [0, 0.05) is 0 Å². The first-order valence-corrected chi connectivity index (χ1v) is 7.20. The average Bonchev–Trinajstić information content (AvgIpc) is 2.30. The van der Waals surface area contributed by atoms with Gasteiger partial charge in [-0.25, -0.2) is 0 Å². The second kappa shape index (κ2) is 5.30. The Kier molecular flexibility index (Phi) is 4.02. The van der Waals surface area contributed by atoms with E-state index in [1.54, 1.807) is 0 Å². The summed E-state index contributed by atoms with van der Waals surface area (Å²) in [7, 11) is 0. The van der Waals surface area contributed by atoms with Crippen LogP contribution >= 0.6 is 45.2 Å². The molecule has 0 amide bonds. The van der Waals surface area contributed by atoms with Crippen LogP contribution in [0, 0.1) is 0 Å². The van der Waals surface area contributed by atoms with E-state index in [9.17, 15) is 0 Å². The first kappa shape index (κ1) is 11.4. The van der Waals surface area contributed by atoms with Crippen LogP contribution in [0.3, 0.4) is 0 Å². The maximum atomic E-state index is 2.42. The molecule has 0 unspecified atom stereocenters. The third-order valence-corrected chi connectivity index (χ3v) is 3.71. The summed E-state index contributed by atoms with van der Waals surface area (Å²) in [5.74, 6) is 0. The van der Waals surface area contributed by atoms with E-state index in [4.69, 9.17) is 0 Å². The molecule has 0 N–H and O–H groups in total. The summed E-state index contributed by atoms with van der Waals surface area (Å²) in [5.41, 5.74) is 3.94. The van der Waals surface area contributed by atoms with Crippen LogP contribution in [0.5, 0.6) is 0 Å². The lowest BCUT2D eigenvalue weighted by Crippen LogP contribution is -1.81. The highest BCUT2D eigenvalue weighted by Gasteiger charge is 2.02. The molecule has 2 heteroatoms. The van der Waals surface area contributed by atoms with Gasteiger partial charge in [0.15, 0.2) is 0 Å². The Labute approximate surface area is 117 Å². The number of hydrogen-bond donors (Lipinski definition) is 0. The molecule has 0 atom stereocenters. The van der Waals surface area contributed by atoms with E-state index in [1.807, 2.05) is 6.07 Å². The highest BCUT2D eigenvalue weighted by molar-refractivity contribution is 14.2. The predicted molar refractivity (Wildman–Crippen MR) is 82.7 cm³/mol. The van der Waals surface area contributed by atoms with Crippen molar-refractivity contribution in [2.75, 3.05) is 0 Å². The van der Waals surface area contributed by atoms with Gasteiger partial charge in [-0.15, -0.1) is 0 Å². The Morgan fingerprint density at radius 1 is 0.667 bits per heavy atom. The van der Waals surface area contributed by atoms with Crippen LogP contribution in [0.25, 0.3) is 11.1 Å². The van der Waals surface area contributed by atoms with Crippen LogP contribution in [-0.2, 0) is 0 Å². The average molecular weight is 420 g/mol. The molecule has 0 aliphatic rings. The van der Waals surface area contributed by atoms with Gasteiger partial charge in [0.25, 0.3) is 0 Å². The van der Waals surface area contributed by atoms with Crippen LogP contribution in [0.1, 0.15) is 7.49 Å². The summed E-state index contributed by atoms with van der Waals surface area (Å²) in [4.78, 5) is 0. The molecule has 0 spiro atoms. The molecule has 0 aliphatic heterocycles. The van der Waals surface area contributed by atoms with Gasteiger partial charge in [0.05, 0.1) is 1.93 Å². The van der Waals surface area contributed by atoms with Gasteiger partial charge in [-0.05, 0) is 16.7 Å². The maximum absolute atomic E-state index is 2.42. The Bertz CT molecular complexity index is 418. The van der Waals surface area contributed by atoms with Crippen molar-refractivity contribution in [3.63, 3.8) is 0 Å². The molecule has 0 fully saturated rings. The number of alkyl halides is 2. The van der Waals surface area contributed by atoms with Crippen LogP contribution in [0.2, 0.25) is 0 Å². The Morgan fingerprint density at radius 3 is 1.73 bits per heavy atom. The normalized spacial score (nSPS) is 10.6. The molecule has 0 saturated heterocycles. The van der Waals surface area contributed by atoms with Gasteiger partial charge in [-0.2, -0.15) is 0 Å². The fraction of sp³-hybridized carbons (Fsp3) is 0.0769. The van der Waals surface area contributed by atoms with E-state index in [2.05, 4.69) is 93.7 Å². The molecule has 2 aromatic carbocycles. The van der Waals surface area contributed by atoms with Crippen LogP contribution in [-0.4, -0.2) is 0 Å². The zero-order chi connectivity index (χ0) is 10.7. The Balaban J connectivity index is 2.32. The summed E-state index contributed by atoms with van der Waals surface area (Å²) in [6.45, 7) is 0. The third-order valence-electron chi connectivity index (χ3n) is 2.27. The smallest absolute Gasteiger partial charge is 0.0657 e. The fourth-order valence-electron chi connectivity index (χ4n) is 1.45. The van der Waals surface area contributed by atoms with Crippen molar-refractivity contribution in [3.8, 4) is 11.1 Å². The summed E-state index contributed by atoms with van der Waals surface area (Å²) in [5, 5.41) is 0. The lowest BCUT2D eigenvalue weighted by molar-refractivity contribution is 1.46. The standard InChI is InChI=1S/C13H10I2/c14-13(15)12-8-6-11(7-9-12)10-4-2-1-3-5-10/h1-9,13H. The van der Waals surface area contributed by atoms with Crippen LogP contribution < -0.4 is 0 Å². The third kappa shape index (κ3) is 2.93. The Morgan fingerprint density at radius 2 is 1.20 bits per heavy atom. The largest absolute Gasteiger partial charge is 0.0874 e. The van der Waals surface area contributed by atoms with Gasteiger partial charge in [0.1, 0.15) is 0 Å². The van der Waals surface area contributed by atoms with E-state index < -0.39 is 0 Å². The molecule has 0 bridgehead atoms. The molecule has 2 rings (SSSR count). The van der Waals surface area contributed by atoms with Crippen molar-refractivity contribution in [2.24, 2.45) is 0 Å². The first-order valence-electron chi connectivity index (χ1n) is 4.71. The van der Waals surface area contributed by atoms with Crippen molar-refractivity contribution < 1.29 is 0 Å². The highest BCUT2D eigenvalue weighted by Crippen LogP contribution is 2.31. The molecular formula is C13H10I2. The van der Waals surface area contributed by atoms with Crippen LogP contribution in [0.4, 0.5) is 0 Å². The molecule has 0 radical (unpaired) electrons. The summed E-state index contributed by atoms with van der Waals surface area (Å²) in [6, 6.07) is 19.2. The minimum absolute atomic E-state index is 0.546. The number of hydrogen-bond acceptors (Lipinski definition) is 0. The van der Waals surface area contributed by atoms with E-state index in [1.165, 1.54) is 16.7 Å². The first-order chi connectivity index (χ1) is 7.27. The maximum Gasteiger partial charge on any atom is 0.0874 e. The van der Waals surface area contributed by atoms with Gasteiger partial charge < -0.3 is 0 Å². The zero-order valence-electron chi connectivity index (χ0n) is 8.03. The van der Waals surface area contributed by atoms with Crippen molar-refractivity contribution >= 4 is 45.2 Å². The van der Waals surface area contributed by atoms with Gasteiger partial charge in [0.2, 0.25) is 0 Å². The van der Waals surface area contributed by atoms with Gasteiger partial charge >= 0.3 is 0 Å². The van der Waals surface area contributed by atoms with E-state index in [0.717, 1.165) is 0 Å². The number of halogens is 2. The van der Waals surface area contributed by atoms with E-state index in [0.29, 0.717) is 1.93 Å². The SMILES string of the molecule is IC(I)c1ccc(-c2ccccc2)cc1. The van der Waals surface area contributed by atoms with Crippen molar-refractivity contribution in [1.29, 1.82) is 0 Å². The molecule has 0 aromatic heterocycles. The molecule has 0 heterocycles. The number of benzene rings is 2. The summed E-state index contributed by atoms with van der Waals surface area (Å²) >= 11 is 4.84. The predicted octanol–water partition coefficient (Wildman–Crippen LogP) is 5.22. The van der Waals surface area contributed by atoms with E-state index in [-0.39, 0.29) is 0 Å². The lowest BCUT2D eigenvalue weighted by atomic mass is 10.0. The molecule has 76 valence electrons. The molecule has 15 heavy (non-hydrogen) atoms. The minimum atomic E-state index is 0.546. The lowest BCUT2D eigenvalue weighted by Gasteiger charge is -2.04. The van der Waals surface area contributed by atoms with Crippen molar-refractivity contribution in [3.05, 3.63) is 60.2 Å². The summed E-state index contributed by atoms with van der Waals surface area (Å²) < 4.78 is 0.546. The van der Waals surface area contributed by atoms with Gasteiger partial charge in [-0.3, -0.25) is 0 Å². The second-order valence-corrected chi connectivity index (χ2v) is 8.16. The Hall–Kier alpha value is -0.1000. The molecular weight excluding hydrogens is 410 g/mol. The van der Waals surface area contributed by atoms with Crippen LogP contribution in [0.15, 0.2) is 54.6 Å². The summed E-state index contributed by atoms with van der Waals surface area (Å²) in [6.07, 6.45) is 0. The topological polar surface area (TPSA) is 0 Å². The second-order valence-electron chi connectivity index (χ2n) is 3.29. The quantitative estimate of drug-likeness (QED) is 0.462. The van der Waals surface area contributed by atoms with E-state index >= 15 is 0 Å². The minimum Gasteiger partial charge on any atom is -0.0657 e. The molecule has 0 aliphatic carbocycles. The fourth-order valence-corrected chi connectivity index (χ4v) is 2.28. The van der Waals surface area contributed by atoms with Crippen molar-refractivity contribution in [1.82, 2.24) is 0 Å². The monoisotopic (exact) mass is 420 g/mol. The zero-order valence-corrected chi connectivity index (χ0v) is 12.3.